The number of nitrogens with zero attached hydrogens (tertiary/aromatic N) is 4. The molecule has 0 aliphatic carbocycles. The molecule has 1 aromatic rings. The summed E-state index contributed by atoms with van der Waals surface area (Å²) in [6.45, 7) is 3.86. The van der Waals surface area contributed by atoms with Crippen LogP contribution in [0.5, 0.6) is 5.88 Å². The molecule has 0 saturated carbocycles. The van der Waals surface area contributed by atoms with Gasteiger partial charge < -0.3 is 19.5 Å². The van der Waals surface area contributed by atoms with Crippen molar-refractivity contribution in [2.75, 3.05) is 44.7 Å². The standard InChI is InChI=1S/C21H28N4O4/c1-28-19-17(13-22)18(2-7-23-19)25-10-5-21(6-11-25)12-16(29-20(21)27)14-24-8-3-15(26)4-9-24/h2,7,15-16,26H,3-6,8-12,14H2,1H3. The number of hydrogen-bond acceptors (Lipinski definition) is 8. The molecule has 1 aromatic heterocycles. The number of ether oxygens (including phenoxy) is 2. The lowest BCUT2D eigenvalue weighted by Gasteiger charge is -2.38. The number of piperidine rings is 2. The van der Waals surface area contributed by atoms with Crippen LogP contribution >= 0.6 is 0 Å². The normalized spacial score (nSPS) is 25.1. The van der Waals surface area contributed by atoms with Crippen molar-refractivity contribution in [2.24, 2.45) is 5.41 Å². The summed E-state index contributed by atoms with van der Waals surface area (Å²) in [6.07, 6.45) is 5.15. The van der Waals surface area contributed by atoms with Crippen LogP contribution in [0, 0.1) is 16.7 Å². The largest absolute Gasteiger partial charge is 0.480 e. The molecule has 1 atom stereocenters. The van der Waals surface area contributed by atoms with Gasteiger partial charge in [-0.2, -0.15) is 5.26 Å². The number of aliphatic hydroxyl groups is 1. The molecule has 1 spiro atoms. The molecular weight excluding hydrogens is 372 g/mol. The maximum atomic E-state index is 12.7. The van der Waals surface area contributed by atoms with Gasteiger partial charge >= 0.3 is 5.97 Å². The third-order valence-electron chi connectivity index (χ3n) is 6.60. The fourth-order valence-electron chi connectivity index (χ4n) is 4.87. The highest BCUT2D eigenvalue weighted by Crippen LogP contribution is 2.44. The third kappa shape index (κ3) is 3.89. The van der Waals surface area contributed by atoms with Gasteiger partial charge in [-0.05, 0) is 31.7 Å². The van der Waals surface area contributed by atoms with Crippen molar-refractivity contribution in [1.29, 1.82) is 5.26 Å². The number of anilines is 1. The Hall–Kier alpha value is -2.37. The molecule has 29 heavy (non-hydrogen) atoms. The first-order valence-electron chi connectivity index (χ1n) is 10.3. The highest BCUT2D eigenvalue weighted by molar-refractivity contribution is 5.79. The Bertz CT molecular complexity index is 792. The molecule has 1 unspecified atom stereocenters. The quantitative estimate of drug-likeness (QED) is 0.756. The fourth-order valence-corrected chi connectivity index (χ4v) is 4.87. The molecule has 0 amide bonds. The lowest BCUT2D eigenvalue weighted by atomic mass is 9.76. The van der Waals surface area contributed by atoms with Crippen LogP contribution in [0.2, 0.25) is 0 Å². The summed E-state index contributed by atoms with van der Waals surface area (Å²) in [5, 5.41) is 19.2. The maximum Gasteiger partial charge on any atom is 0.312 e. The number of nitriles is 1. The molecule has 0 bridgehead atoms. The molecular formula is C21H28N4O4. The van der Waals surface area contributed by atoms with Crippen molar-refractivity contribution in [1.82, 2.24) is 9.88 Å². The second-order valence-corrected chi connectivity index (χ2v) is 8.36. The lowest BCUT2D eigenvalue weighted by molar-refractivity contribution is -0.150. The van der Waals surface area contributed by atoms with E-state index in [1.54, 1.807) is 6.20 Å². The van der Waals surface area contributed by atoms with Crippen LogP contribution in [0.25, 0.3) is 0 Å². The molecule has 3 saturated heterocycles. The van der Waals surface area contributed by atoms with Gasteiger partial charge in [0.25, 0.3) is 0 Å². The zero-order valence-corrected chi connectivity index (χ0v) is 16.8. The minimum atomic E-state index is -0.416. The summed E-state index contributed by atoms with van der Waals surface area (Å²) in [5.41, 5.74) is 0.828. The molecule has 8 nitrogen and oxygen atoms in total. The smallest absolute Gasteiger partial charge is 0.312 e. The van der Waals surface area contributed by atoms with E-state index in [4.69, 9.17) is 9.47 Å². The predicted molar refractivity (Wildman–Crippen MR) is 106 cm³/mol. The van der Waals surface area contributed by atoms with Crippen LogP contribution in [0.4, 0.5) is 5.69 Å². The number of carbonyl (C=O) groups is 1. The second-order valence-electron chi connectivity index (χ2n) is 8.36. The van der Waals surface area contributed by atoms with Gasteiger partial charge in [-0.3, -0.25) is 9.69 Å². The molecule has 3 aliphatic rings. The van der Waals surface area contributed by atoms with Crippen LogP contribution < -0.4 is 9.64 Å². The lowest BCUT2D eigenvalue weighted by Crippen LogP contribution is -2.43. The zero-order valence-electron chi connectivity index (χ0n) is 16.8. The van der Waals surface area contributed by atoms with E-state index in [0.717, 1.165) is 57.4 Å². The monoisotopic (exact) mass is 400 g/mol. The van der Waals surface area contributed by atoms with Gasteiger partial charge in [0.2, 0.25) is 5.88 Å². The topological polar surface area (TPSA) is 98.9 Å². The average molecular weight is 400 g/mol. The molecule has 3 fully saturated rings. The van der Waals surface area contributed by atoms with E-state index >= 15 is 0 Å². The molecule has 1 N–H and O–H groups in total. The number of cyclic esters (lactones) is 1. The van der Waals surface area contributed by atoms with Crippen LogP contribution in [0.15, 0.2) is 12.3 Å². The van der Waals surface area contributed by atoms with Crippen LogP contribution in [0.1, 0.15) is 37.7 Å². The summed E-state index contributed by atoms with van der Waals surface area (Å²) in [4.78, 5) is 21.3. The van der Waals surface area contributed by atoms with Crippen LogP contribution in [0.3, 0.4) is 0 Å². The SMILES string of the molecule is COc1nccc(N2CCC3(CC2)CC(CN2CCC(O)CC2)OC3=O)c1C#N. The highest BCUT2D eigenvalue weighted by Gasteiger charge is 2.50. The number of hydrogen-bond donors (Lipinski definition) is 1. The van der Waals surface area contributed by atoms with Crippen molar-refractivity contribution >= 4 is 11.7 Å². The van der Waals surface area contributed by atoms with Gasteiger partial charge in [-0.15, -0.1) is 0 Å². The summed E-state index contributed by atoms with van der Waals surface area (Å²) < 4.78 is 11.0. The van der Waals surface area contributed by atoms with Crippen molar-refractivity contribution < 1.29 is 19.4 Å². The van der Waals surface area contributed by atoms with Gasteiger partial charge in [-0.1, -0.05) is 0 Å². The number of esters is 1. The Morgan fingerprint density at radius 3 is 2.72 bits per heavy atom. The Balaban J connectivity index is 1.39. The number of rotatable bonds is 4. The predicted octanol–water partition coefficient (Wildman–Crippen LogP) is 1.32. The van der Waals surface area contributed by atoms with Crippen LogP contribution in [-0.2, 0) is 9.53 Å². The number of aromatic nitrogens is 1. The number of carbonyl (C=O) groups excluding carboxylic acids is 1. The first-order chi connectivity index (χ1) is 14.0. The number of likely N-dealkylation sites (tertiary alicyclic amines) is 1. The van der Waals surface area contributed by atoms with E-state index in [2.05, 4.69) is 20.9 Å². The van der Waals surface area contributed by atoms with Crippen molar-refractivity contribution in [2.45, 2.75) is 44.3 Å². The Morgan fingerprint density at radius 2 is 2.07 bits per heavy atom. The first kappa shape index (κ1) is 19.9. The molecule has 156 valence electrons. The van der Waals surface area contributed by atoms with Crippen molar-refractivity contribution in [3.8, 4) is 11.9 Å². The van der Waals surface area contributed by atoms with E-state index in [9.17, 15) is 15.2 Å². The zero-order chi connectivity index (χ0) is 20.4. The first-order valence-corrected chi connectivity index (χ1v) is 10.3. The fraction of sp³-hybridized carbons (Fsp3) is 0.667. The Kier molecular flexibility index (Phi) is 5.61. The maximum absolute atomic E-state index is 12.7. The minimum Gasteiger partial charge on any atom is -0.480 e. The second kappa shape index (κ2) is 8.17. The number of aliphatic hydroxyl groups excluding tert-OH is 1. The van der Waals surface area contributed by atoms with Gasteiger partial charge in [0.15, 0.2) is 0 Å². The van der Waals surface area contributed by atoms with Gasteiger partial charge in [0.1, 0.15) is 17.7 Å². The molecule has 4 heterocycles. The van der Waals surface area contributed by atoms with E-state index in [1.165, 1.54) is 7.11 Å². The van der Waals surface area contributed by atoms with Crippen LogP contribution in [-0.4, -0.2) is 73.0 Å². The minimum absolute atomic E-state index is 0.0695. The summed E-state index contributed by atoms with van der Waals surface area (Å²) in [5.74, 6) is 0.254. The van der Waals surface area contributed by atoms with Gasteiger partial charge in [0, 0.05) is 45.3 Å². The highest BCUT2D eigenvalue weighted by atomic mass is 16.6. The number of methoxy groups -OCH3 is 1. The molecule has 8 heteroatoms. The van der Waals surface area contributed by atoms with E-state index in [0.29, 0.717) is 24.5 Å². The molecule has 0 radical (unpaired) electrons. The third-order valence-corrected chi connectivity index (χ3v) is 6.60. The molecule has 0 aromatic carbocycles. The Labute approximate surface area is 171 Å². The Morgan fingerprint density at radius 1 is 1.34 bits per heavy atom. The van der Waals surface area contributed by atoms with Crippen molar-refractivity contribution in [3.05, 3.63) is 17.8 Å². The molecule has 3 aliphatic heterocycles. The van der Waals surface area contributed by atoms with E-state index < -0.39 is 5.41 Å². The van der Waals surface area contributed by atoms with Gasteiger partial charge in [0.05, 0.1) is 24.3 Å². The average Bonchev–Trinajstić information content (AvgIpc) is 3.04. The van der Waals surface area contributed by atoms with E-state index in [-0.39, 0.29) is 18.2 Å². The number of pyridine rings is 1. The molecule has 4 rings (SSSR count). The summed E-state index contributed by atoms with van der Waals surface area (Å²) in [7, 11) is 1.51. The summed E-state index contributed by atoms with van der Waals surface area (Å²) in [6, 6.07) is 4.03. The van der Waals surface area contributed by atoms with Crippen molar-refractivity contribution in [3.63, 3.8) is 0 Å². The van der Waals surface area contributed by atoms with E-state index in [1.807, 2.05) is 6.07 Å². The van der Waals surface area contributed by atoms with Gasteiger partial charge in [-0.25, -0.2) is 4.98 Å². The summed E-state index contributed by atoms with van der Waals surface area (Å²) >= 11 is 0.